The predicted octanol–water partition coefficient (Wildman–Crippen LogP) is 2.18. The van der Waals surface area contributed by atoms with Crippen LogP contribution in [0.4, 0.5) is 0 Å². The Bertz CT molecular complexity index is 692. The normalized spacial score (nSPS) is 10.4. The monoisotopic (exact) mass is 239 g/mol. The van der Waals surface area contributed by atoms with Crippen molar-refractivity contribution >= 4 is 17.0 Å². The fraction of sp³-hybridized carbons (Fsp3) is 0. The summed E-state index contributed by atoms with van der Waals surface area (Å²) in [7, 11) is 0. The molecule has 0 spiro atoms. The number of carbonyl (C=O) groups excluding carboxylic acids is 1. The van der Waals surface area contributed by atoms with Crippen molar-refractivity contribution in [2.45, 2.75) is 0 Å². The van der Waals surface area contributed by atoms with Crippen LogP contribution in [0.2, 0.25) is 0 Å². The van der Waals surface area contributed by atoms with E-state index in [9.17, 15) is 4.79 Å². The Labute approximate surface area is 102 Å². The van der Waals surface area contributed by atoms with Crippen LogP contribution in [0.5, 0.6) is 5.75 Å². The van der Waals surface area contributed by atoms with Gasteiger partial charge in [-0.1, -0.05) is 18.2 Å². The molecule has 0 aliphatic carbocycles. The molecule has 5 nitrogen and oxygen atoms in total. The number of hydrogen-bond acceptors (Lipinski definition) is 4. The van der Waals surface area contributed by atoms with Crippen LogP contribution in [0.15, 0.2) is 48.7 Å². The van der Waals surface area contributed by atoms with Gasteiger partial charge in [-0.25, -0.2) is 9.78 Å². The molecule has 0 radical (unpaired) electrons. The van der Waals surface area contributed by atoms with E-state index in [4.69, 9.17) is 4.74 Å². The molecule has 3 rings (SSSR count). The number of para-hydroxylation sites is 1. The Morgan fingerprint density at radius 3 is 2.78 bits per heavy atom. The lowest BCUT2D eigenvalue weighted by Crippen LogP contribution is -2.10. The highest BCUT2D eigenvalue weighted by Crippen LogP contribution is 2.13. The fourth-order valence-electron chi connectivity index (χ4n) is 1.59. The summed E-state index contributed by atoms with van der Waals surface area (Å²) in [5.41, 5.74) is 0.813. The number of fused-ring (bicyclic) bond motifs is 1. The second-order valence-electron chi connectivity index (χ2n) is 3.71. The molecule has 88 valence electrons. The summed E-state index contributed by atoms with van der Waals surface area (Å²) in [6, 6.07) is 12.3. The maximum absolute atomic E-state index is 11.9. The minimum absolute atomic E-state index is 0.246. The molecule has 0 atom stereocenters. The van der Waals surface area contributed by atoms with Gasteiger partial charge in [0.25, 0.3) is 0 Å². The minimum atomic E-state index is -0.488. The molecule has 0 bridgehead atoms. The molecular weight excluding hydrogens is 230 g/mol. The van der Waals surface area contributed by atoms with Crippen molar-refractivity contribution in [2.75, 3.05) is 0 Å². The molecule has 0 amide bonds. The maximum Gasteiger partial charge on any atom is 0.362 e. The first-order valence-corrected chi connectivity index (χ1v) is 5.40. The lowest BCUT2D eigenvalue weighted by molar-refractivity contribution is 0.0729. The molecule has 0 unspecified atom stereocenters. The van der Waals surface area contributed by atoms with Gasteiger partial charge >= 0.3 is 5.97 Å². The molecule has 0 aliphatic heterocycles. The lowest BCUT2D eigenvalue weighted by atomic mass is 10.3. The molecule has 2 heterocycles. The van der Waals surface area contributed by atoms with E-state index in [1.165, 1.54) is 0 Å². The van der Waals surface area contributed by atoms with Crippen LogP contribution in [-0.2, 0) is 0 Å². The quantitative estimate of drug-likeness (QED) is 0.549. The zero-order valence-electron chi connectivity index (χ0n) is 9.33. The number of esters is 1. The minimum Gasteiger partial charge on any atom is -0.422 e. The van der Waals surface area contributed by atoms with Crippen LogP contribution < -0.4 is 4.74 Å². The lowest BCUT2D eigenvalue weighted by Gasteiger charge is -2.02. The van der Waals surface area contributed by atoms with Gasteiger partial charge in [-0.05, 0) is 24.3 Å². The number of benzene rings is 1. The Kier molecular flexibility index (Phi) is 2.49. The Balaban J connectivity index is 1.87. The van der Waals surface area contributed by atoms with E-state index in [1.54, 1.807) is 42.6 Å². The first-order chi connectivity index (χ1) is 8.83. The van der Waals surface area contributed by atoms with Crippen LogP contribution >= 0.6 is 0 Å². The van der Waals surface area contributed by atoms with Crippen LogP contribution in [-0.4, -0.2) is 21.2 Å². The highest BCUT2D eigenvalue weighted by Gasteiger charge is 2.11. The van der Waals surface area contributed by atoms with Crippen LogP contribution in [0.25, 0.3) is 11.0 Å². The van der Waals surface area contributed by atoms with E-state index in [1.807, 2.05) is 6.07 Å². The van der Waals surface area contributed by atoms with Crippen molar-refractivity contribution in [3.63, 3.8) is 0 Å². The first-order valence-electron chi connectivity index (χ1n) is 5.40. The predicted molar refractivity (Wildman–Crippen MR) is 65.3 cm³/mol. The molecule has 5 heteroatoms. The van der Waals surface area contributed by atoms with Gasteiger partial charge < -0.3 is 4.74 Å². The average Bonchev–Trinajstić information content (AvgIpc) is 2.87. The third-order valence-electron chi connectivity index (χ3n) is 2.46. The Hall–Kier alpha value is -2.69. The molecule has 1 N–H and O–H groups in total. The first kappa shape index (κ1) is 10.5. The number of aromatic nitrogens is 3. The number of aromatic amines is 1. The molecule has 0 aliphatic rings. The molecule has 0 saturated heterocycles. The highest BCUT2D eigenvalue weighted by atomic mass is 16.5. The number of nitrogens with zero attached hydrogens (tertiary/aromatic N) is 2. The van der Waals surface area contributed by atoms with Gasteiger partial charge in [0, 0.05) is 5.39 Å². The number of pyridine rings is 1. The van der Waals surface area contributed by atoms with E-state index in [2.05, 4.69) is 15.2 Å². The molecule has 18 heavy (non-hydrogen) atoms. The summed E-state index contributed by atoms with van der Waals surface area (Å²) in [4.78, 5) is 16.0. The molecule has 0 saturated carbocycles. The van der Waals surface area contributed by atoms with Gasteiger partial charge in [0.2, 0.25) is 0 Å². The molecule has 1 aromatic carbocycles. The molecular formula is C13H9N3O2. The summed E-state index contributed by atoms with van der Waals surface area (Å²) in [6.07, 6.45) is 1.65. The topological polar surface area (TPSA) is 67.9 Å². The number of nitrogens with one attached hydrogen (secondary N) is 1. The number of hydrogen-bond donors (Lipinski definition) is 1. The standard InChI is InChI=1S/C13H9N3O2/c17-13(18-10-4-2-1-3-5-10)11-7-6-9-8-14-16-12(9)15-11/h1-8H,(H,14,15,16). The molecule has 0 fully saturated rings. The van der Waals surface area contributed by atoms with Crippen molar-refractivity contribution in [3.05, 3.63) is 54.4 Å². The third-order valence-corrected chi connectivity index (χ3v) is 2.46. The summed E-state index contributed by atoms with van der Waals surface area (Å²) in [5.74, 6) is 0.00621. The van der Waals surface area contributed by atoms with E-state index in [0.717, 1.165) is 5.39 Å². The summed E-state index contributed by atoms with van der Waals surface area (Å²) in [5, 5.41) is 7.41. The third kappa shape index (κ3) is 1.93. The average molecular weight is 239 g/mol. The van der Waals surface area contributed by atoms with Gasteiger partial charge in [-0.15, -0.1) is 0 Å². The maximum atomic E-state index is 11.9. The SMILES string of the molecule is O=C(Oc1ccccc1)c1ccc2cn[nH]c2n1. The van der Waals surface area contributed by atoms with Crippen LogP contribution in [0.3, 0.4) is 0 Å². The zero-order chi connectivity index (χ0) is 12.4. The highest BCUT2D eigenvalue weighted by molar-refractivity contribution is 5.91. The zero-order valence-corrected chi connectivity index (χ0v) is 9.33. The number of ether oxygens (including phenoxy) is 1. The van der Waals surface area contributed by atoms with E-state index in [-0.39, 0.29) is 5.69 Å². The smallest absolute Gasteiger partial charge is 0.362 e. The van der Waals surface area contributed by atoms with Crippen LogP contribution in [0, 0.1) is 0 Å². The number of rotatable bonds is 2. The largest absolute Gasteiger partial charge is 0.422 e. The summed E-state index contributed by atoms with van der Waals surface area (Å²) < 4.78 is 5.19. The van der Waals surface area contributed by atoms with E-state index < -0.39 is 5.97 Å². The summed E-state index contributed by atoms with van der Waals surface area (Å²) in [6.45, 7) is 0. The van der Waals surface area contributed by atoms with Gasteiger partial charge in [0.1, 0.15) is 5.75 Å². The Morgan fingerprint density at radius 2 is 1.94 bits per heavy atom. The summed E-state index contributed by atoms with van der Waals surface area (Å²) >= 11 is 0. The second-order valence-corrected chi connectivity index (χ2v) is 3.71. The van der Waals surface area contributed by atoms with Gasteiger partial charge in [0.15, 0.2) is 11.3 Å². The van der Waals surface area contributed by atoms with Crippen molar-refractivity contribution in [1.82, 2.24) is 15.2 Å². The van der Waals surface area contributed by atoms with Crippen molar-refractivity contribution in [1.29, 1.82) is 0 Å². The van der Waals surface area contributed by atoms with Crippen LogP contribution in [0.1, 0.15) is 10.5 Å². The van der Waals surface area contributed by atoms with Crippen molar-refractivity contribution in [2.24, 2.45) is 0 Å². The molecule has 3 aromatic rings. The van der Waals surface area contributed by atoms with Gasteiger partial charge in [0.05, 0.1) is 6.20 Å². The Morgan fingerprint density at radius 1 is 1.11 bits per heavy atom. The van der Waals surface area contributed by atoms with E-state index >= 15 is 0 Å². The number of H-pyrrole nitrogens is 1. The van der Waals surface area contributed by atoms with Gasteiger partial charge in [-0.2, -0.15) is 5.10 Å². The fourth-order valence-corrected chi connectivity index (χ4v) is 1.59. The molecule has 2 aromatic heterocycles. The number of carbonyl (C=O) groups is 1. The van der Waals surface area contributed by atoms with Crippen molar-refractivity contribution in [3.8, 4) is 5.75 Å². The van der Waals surface area contributed by atoms with E-state index in [0.29, 0.717) is 11.4 Å². The van der Waals surface area contributed by atoms with Gasteiger partial charge in [-0.3, -0.25) is 5.10 Å². The second kappa shape index (κ2) is 4.29. The van der Waals surface area contributed by atoms with Crippen molar-refractivity contribution < 1.29 is 9.53 Å².